The highest BCUT2D eigenvalue weighted by Gasteiger charge is 2.28. The molecule has 0 saturated heterocycles. The van der Waals surface area contributed by atoms with Crippen molar-refractivity contribution in [3.8, 4) is 0 Å². The number of sulfonamides is 1. The number of aryl methyl sites for hydroxylation is 1. The number of pyridine rings is 1. The van der Waals surface area contributed by atoms with Crippen LogP contribution in [0.4, 0.5) is 17.1 Å². The molecule has 0 spiro atoms. The van der Waals surface area contributed by atoms with Crippen molar-refractivity contribution in [2.24, 2.45) is 0 Å². The molecular formula is C12H12N4O4S. The predicted octanol–water partition coefficient (Wildman–Crippen LogP) is 1.68. The van der Waals surface area contributed by atoms with E-state index in [2.05, 4.69) is 9.71 Å². The topological polar surface area (TPSA) is 128 Å². The van der Waals surface area contributed by atoms with Crippen LogP contribution in [0, 0.1) is 17.0 Å². The highest BCUT2D eigenvalue weighted by atomic mass is 32.2. The molecule has 21 heavy (non-hydrogen) atoms. The van der Waals surface area contributed by atoms with Crippen molar-refractivity contribution in [3.05, 3.63) is 52.3 Å². The molecule has 0 aliphatic rings. The van der Waals surface area contributed by atoms with Crippen molar-refractivity contribution < 1.29 is 13.3 Å². The number of aromatic nitrogens is 1. The van der Waals surface area contributed by atoms with Crippen LogP contribution >= 0.6 is 0 Å². The van der Waals surface area contributed by atoms with E-state index in [-0.39, 0.29) is 11.4 Å². The summed E-state index contributed by atoms with van der Waals surface area (Å²) in [6.45, 7) is 1.62. The second-order valence-corrected chi connectivity index (χ2v) is 5.84. The Bertz CT molecular complexity index is 805. The first-order valence-electron chi connectivity index (χ1n) is 5.80. The van der Waals surface area contributed by atoms with E-state index in [4.69, 9.17) is 5.73 Å². The molecule has 110 valence electrons. The molecule has 0 atom stereocenters. The molecule has 0 fully saturated rings. The van der Waals surface area contributed by atoms with Gasteiger partial charge < -0.3 is 5.73 Å². The minimum atomic E-state index is -4.15. The highest BCUT2D eigenvalue weighted by molar-refractivity contribution is 7.92. The summed E-state index contributed by atoms with van der Waals surface area (Å²) >= 11 is 0. The maximum absolute atomic E-state index is 12.3. The molecule has 9 heteroatoms. The standard InChI is InChI=1S/C12H12N4O4S/c1-8-10(5-3-7-14-8)15-21(19,20)11-6-2-4-9(13)12(11)16(17)18/h2-7,15H,13H2,1H3. The number of benzene rings is 1. The van der Waals surface area contributed by atoms with E-state index in [1.165, 1.54) is 24.4 Å². The van der Waals surface area contributed by atoms with Gasteiger partial charge in [0.1, 0.15) is 5.69 Å². The Morgan fingerprint density at radius 2 is 2.00 bits per heavy atom. The zero-order valence-electron chi connectivity index (χ0n) is 11.0. The summed E-state index contributed by atoms with van der Waals surface area (Å²) in [5, 5.41) is 11.0. The number of nitrogens with one attached hydrogen (secondary N) is 1. The monoisotopic (exact) mass is 308 g/mol. The molecule has 2 aromatic rings. The largest absolute Gasteiger partial charge is 0.393 e. The number of para-hydroxylation sites is 1. The van der Waals surface area contributed by atoms with Crippen LogP contribution in [0.2, 0.25) is 0 Å². The first-order chi connectivity index (χ1) is 9.83. The van der Waals surface area contributed by atoms with Crippen LogP contribution in [-0.2, 0) is 10.0 Å². The third kappa shape index (κ3) is 2.92. The number of nitrogen functional groups attached to an aromatic ring is 1. The Balaban J connectivity index is 2.53. The van der Waals surface area contributed by atoms with Gasteiger partial charge in [0, 0.05) is 6.20 Å². The average molecular weight is 308 g/mol. The summed E-state index contributed by atoms with van der Waals surface area (Å²) in [5.74, 6) is 0. The smallest absolute Gasteiger partial charge is 0.312 e. The summed E-state index contributed by atoms with van der Waals surface area (Å²) in [7, 11) is -4.15. The lowest BCUT2D eigenvalue weighted by atomic mass is 10.3. The minimum Gasteiger partial charge on any atom is -0.393 e. The first kappa shape index (κ1) is 14.7. The van der Waals surface area contributed by atoms with Crippen molar-refractivity contribution in [1.82, 2.24) is 4.98 Å². The van der Waals surface area contributed by atoms with Crippen molar-refractivity contribution >= 4 is 27.1 Å². The third-order valence-corrected chi connectivity index (χ3v) is 4.15. The molecule has 0 amide bonds. The molecule has 3 N–H and O–H groups in total. The molecule has 0 bridgehead atoms. The SMILES string of the molecule is Cc1ncccc1NS(=O)(=O)c1cccc(N)c1[N+](=O)[O-]. The van der Waals surface area contributed by atoms with Gasteiger partial charge in [-0.25, -0.2) is 8.42 Å². The number of nitrogens with zero attached hydrogens (tertiary/aromatic N) is 2. The summed E-state index contributed by atoms with van der Waals surface area (Å²) in [5.41, 5.74) is 5.33. The van der Waals surface area contributed by atoms with Crippen LogP contribution in [-0.4, -0.2) is 18.3 Å². The quantitative estimate of drug-likeness (QED) is 0.502. The van der Waals surface area contributed by atoms with Crippen LogP contribution < -0.4 is 10.5 Å². The van der Waals surface area contributed by atoms with Crippen LogP contribution in [0.5, 0.6) is 0 Å². The lowest BCUT2D eigenvalue weighted by Crippen LogP contribution is -2.16. The molecule has 2 rings (SSSR count). The Hall–Kier alpha value is -2.68. The van der Waals surface area contributed by atoms with Crippen LogP contribution in [0.25, 0.3) is 0 Å². The predicted molar refractivity (Wildman–Crippen MR) is 77.3 cm³/mol. The molecule has 0 aliphatic carbocycles. The van der Waals surface area contributed by atoms with E-state index in [0.717, 1.165) is 6.07 Å². The first-order valence-corrected chi connectivity index (χ1v) is 7.28. The molecular weight excluding hydrogens is 296 g/mol. The lowest BCUT2D eigenvalue weighted by Gasteiger charge is -2.10. The van der Waals surface area contributed by atoms with Gasteiger partial charge in [-0.2, -0.15) is 0 Å². The zero-order chi connectivity index (χ0) is 15.6. The Labute approximate surface area is 120 Å². The summed E-state index contributed by atoms with van der Waals surface area (Å²) in [4.78, 5) is 13.7. The van der Waals surface area contributed by atoms with Crippen molar-refractivity contribution in [2.45, 2.75) is 11.8 Å². The second kappa shape index (κ2) is 5.37. The number of hydrogen-bond acceptors (Lipinski definition) is 6. The minimum absolute atomic E-state index is 0.217. The molecule has 1 aromatic carbocycles. The number of nitro groups is 1. The maximum Gasteiger partial charge on any atom is 0.312 e. The zero-order valence-corrected chi connectivity index (χ0v) is 11.8. The number of rotatable bonds is 4. The molecule has 8 nitrogen and oxygen atoms in total. The number of nitrogens with two attached hydrogens (primary N) is 1. The fourth-order valence-electron chi connectivity index (χ4n) is 1.74. The van der Waals surface area contributed by atoms with Gasteiger partial charge in [0.05, 0.1) is 16.3 Å². The van der Waals surface area contributed by atoms with Gasteiger partial charge in [0.2, 0.25) is 0 Å². The van der Waals surface area contributed by atoms with Crippen LogP contribution in [0.3, 0.4) is 0 Å². The number of anilines is 2. The van der Waals surface area contributed by atoms with Crippen LogP contribution in [0.1, 0.15) is 5.69 Å². The van der Waals surface area contributed by atoms with E-state index in [1.807, 2.05) is 0 Å². The molecule has 0 radical (unpaired) electrons. The maximum atomic E-state index is 12.3. The normalized spacial score (nSPS) is 11.1. The van der Waals surface area contributed by atoms with Crippen molar-refractivity contribution in [3.63, 3.8) is 0 Å². The van der Waals surface area contributed by atoms with Crippen molar-refractivity contribution in [2.75, 3.05) is 10.5 Å². The van der Waals surface area contributed by atoms with Gasteiger partial charge in [-0.1, -0.05) is 6.07 Å². The number of nitro benzene ring substituents is 1. The van der Waals surface area contributed by atoms with E-state index >= 15 is 0 Å². The van der Waals surface area contributed by atoms with E-state index < -0.39 is 25.5 Å². The summed E-state index contributed by atoms with van der Waals surface area (Å²) in [6, 6.07) is 6.80. The molecule has 0 aliphatic heterocycles. The van der Waals surface area contributed by atoms with Gasteiger partial charge in [0.15, 0.2) is 4.90 Å². The molecule has 1 aromatic heterocycles. The molecule has 1 heterocycles. The number of hydrogen-bond donors (Lipinski definition) is 2. The van der Waals surface area contributed by atoms with Gasteiger partial charge in [0.25, 0.3) is 10.0 Å². The fourth-order valence-corrected chi connectivity index (χ4v) is 3.06. The fraction of sp³-hybridized carbons (Fsp3) is 0.0833. The molecule has 0 unspecified atom stereocenters. The second-order valence-electron chi connectivity index (χ2n) is 4.19. The lowest BCUT2D eigenvalue weighted by molar-refractivity contribution is -0.386. The van der Waals surface area contributed by atoms with Crippen LogP contribution in [0.15, 0.2) is 41.4 Å². The van der Waals surface area contributed by atoms with Gasteiger partial charge in [-0.05, 0) is 31.2 Å². The van der Waals surface area contributed by atoms with Gasteiger partial charge in [-0.3, -0.25) is 19.8 Å². The van der Waals surface area contributed by atoms with Crippen molar-refractivity contribution in [1.29, 1.82) is 0 Å². The molecule has 0 saturated carbocycles. The average Bonchev–Trinajstić information content (AvgIpc) is 2.40. The van der Waals surface area contributed by atoms with E-state index in [9.17, 15) is 18.5 Å². The van der Waals surface area contributed by atoms with E-state index in [0.29, 0.717) is 5.69 Å². The summed E-state index contributed by atoms with van der Waals surface area (Å²) < 4.78 is 26.9. The highest BCUT2D eigenvalue weighted by Crippen LogP contribution is 2.31. The third-order valence-electron chi connectivity index (χ3n) is 2.75. The van der Waals surface area contributed by atoms with Gasteiger partial charge >= 0.3 is 5.69 Å². The van der Waals surface area contributed by atoms with Gasteiger partial charge in [-0.15, -0.1) is 0 Å². The summed E-state index contributed by atoms with van der Waals surface area (Å²) in [6.07, 6.45) is 1.51. The van der Waals surface area contributed by atoms with E-state index in [1.54, 1.807) is 13.0 Å². The Kier molecular flexibility index (Phi) is 3.76. The Morgan fingerprint density at radius 1 is 1.29 bits per heavy atom. The Morgan fingerprint density at radius 3 is 2.62 bits per heavy atom.